The van der Waals surface area contributed by atoms with Crippen LogP contribution < -0.4 is 5.46 Å². The summed E-state index contributed by atoms with van der Waals surface area (Å²) >= 11 is 0. The number of nitro benzene ring substituents is 1. The molecule has 0 aliphatic rings. The van der Waals surface area contributed by atoms with E-state index in [1.165, 1.54) is 18.2 Å². The minimum absolute atomic E-state index is 0.0803. The highest BCUT2D eigenvalue weighted by molar-refractivity contribution is 6.33. The van der Waals surface area contributed by atoms with Gasteiger partial charge in [-0.15, -0.1) is 0 Å². The molecular formula is C7H6BNO2. The summed E-state index contributed by atoms with van der Waals surface area (Å²) in [5.74, 6) is 0. The molecule has 0 saturated carbocycles. The number of aryl methyl sites for hydroxylation is 1. The standard InChI is InChI=1S/C7H6BNO2/c1-5-4-6(9(10)11)2-3-7(5)8/h2-4H,1H3. The molecule has 11 heavy (non-hydrogen) atoms. The third kappa shape index (κ3) is 1.58. The largest absolute Gasteiger partial charge is 0.269 e. The van der Waals surface area contributed by atoms with Gasteiger partial charge in [0.1, 0.15) is 7.85 Å². The first kappa shape index (κ1) is 7.79. The molecule has 54 valence electrons. The Morgan fingerprint density at radius 1 is 1.55 bits per heavy atom. The molecular weight excluding hydrogens is 141 g/mol. The molecule has 0 heterocycles. The van der Waals surface area contributed by atoms with E-state index in [2.05, 4.69) is 0 Å². The minimum Gasteiger partial charge on any atom is -0.258 e. The molecule has 1 aromatic carbocycles. The van der Waals surface area contributed by atoms with Crippen LogP contribution in [0.4, 0.5) is 5.69 Å². The topological polar surface area (TPSA) is 43.1 Å². The van der Waals surface area contributed by atoms with Gasteiger partial charge >= 0.3 is 0 Å². The normalized spacial score (nSPS) is 9.55. The lowest BCUT2D eigenvalue weighted by atomic mass is 9.91. The highest BCUT2D eigenvalue weighted by Gasteiger charge is 2.04. The average Bonchev–Trinajstić information content (AvgIpc) is 1.94. The van der Waals surface area contributed by atoms with Crippen LogP contribution in [0.25, 0.3) is 0 Å². The molecule has 1 aromatic rings. The van der Waals surface area contributed by atoms with E-state index >= 15 is 0 Å². The summed E-state index contributed by atoms with van der Waals surface area (Å²) in [5, 5.41) is 10.2. The van der Waals surface area contributed by atoms with E-state index in [1.807, 2.05) is 0 Å². The monoisotopic (exact) mass is 147 g/mol. The molecule has 0 aliphatic carbocycles. The molecule has 0 bridgehead atoms. The number of nitro groups is 1. The Bertz CT molecular complexity index is 298. The first-order chi connectivity index (χ1) is 5.11. The van der Waals surface area contributed by atoms with Crippen LogP contribution in [0, 0.1) is 17.0 Å². The van der Waals surface area contributed by atoms with Gasteiger partial charge in [0.2, 0.25) is 0 Å². The van der Waals surface area contributed by atoms with E-state index in [1.54, 1.807) is 6.92 Å². The van der Waals surface area contributed by atoms with Crippen molar-refractivity contribution in [3.05, 3.63) is 33.9 Å². The third-order valence-corrected chi connectivity index (χ3v) is 1.46. The van der Waals surface area contributed by atoms with Gasteiger partial charge in [0, 0.05) is 12.1 Å². The highest BCUT2D eigenvalue weighted by atomic mass is 16.6. The van der Waals surface area contributed by atoms with Crippen molar-refractivity contribution >= 4 is 19.0 Å². The second-order valence-corrected chi connectivity index (χ2v) is 2.30. The van der Waals surface area contributed by atoms with Gasteiger partial charge in [0.15, 0.2) is 0 Å². The first-order valence-electron chi connectivity index (χ1n) is 3.12. The Morgan fingerprint density at radius 3 is 2.64 bits per heavy atom. The summed E-state index contributed by atoms with van der Waals surface area (Å²) in [4.78, 5) is 9.79. The number of rotatable bonds is 1. The van der Waals surface area contributed by atoms with Crippen LogP contribution in [-0.2, 0) is 0 Å². The van der Waals surface area contributed by atoms with E-state index in [0.717, 1.165) is 5.56 Å². The minimum atomic E-state index is -0.438. The molecule has 2 radical (unpaired) electrons. The van der Waals surface area contributed by atoms with Crippen molar-refractivity contribution in [2.24, 2.45) is 0 Å². The zero-order chi connectivity index (χ0) is 8.43. The molecule has 3 nitrogen and oxygen atoms in total. The Labute approximate surface area is 65.6 Å². The molecule has 0 unspecified atom stereocenters. The SMILES string of the molecule is [B]c1ccc([N+](=O)[O-])cc1C. The summed E-state index contributed by atoms with van der Waals surface area (Å²) in [6.45, 7) is 1.74. The van der Waals surface area contributed by atoms with Gasteiger partial charge in [-0.3, -0.25) is 10.1 Å². The highest BCUT2D eigenvalue weighted by Crippen LogP contribution is 2.09. The number of nitrogens with zero attached hydrogens (tertiary/aromatic N) is 1. The Balaban J connectivity index is 3.15. The quantitative estimate of drug-likeness (QED) is 0.333. The maximum absolute atomic E-state index is 10.2. The molecule has 0 atom stereocenters. The molecule has 0 amide bonds. The summed E-state index contributed by atoms with van der Waals surface area (Å²) < 4.78 is 0. The zero-order valence-electron chi connectivity index (χ0n) is 6.07. The van der Waals surface area contributed by atoms with Crippen LogP contribution in [0.15, 0.2) is 18.2 Å². The van der Waals surface area contributed by atoms with Crippen molar-refractivity contribution < 1.29 is 4.92 Å². The fourth-order valence-corrected chi connectivity index (χ4v) is 0.773. The molecule has 0 fully saturated rings. The van der Waals surface area contributed by atoms with Crippen molar-refractivity contribution in [1.29, 1.82) is 0 Å². The molecule has 1 rings (SSSR count). The number of hydrogen-bond donors (Lipinski definition) is 0. The molecule has 4 heteroatoms. The lowest BCUT2D eigenvalue weighted by Crippen LogP contribution is -2.06. The van der Waals surface area contributed by atoms with Crippen LogP contribution >= 0.6 is 0 Å². The van der Waals surface area contributed by atoms with Gasteiger partial charge in [-0.2, -0.15) is 0 Å². The number of non-ortho nitro benzene ring substituents is 1. The molecule has 0 aliphatic heterocycles. The van der Waals surface area contributed by atoms with Gasteiger partial charge in [-0.05, 0) is 6.92 Å². The molecule has 0 aromatic heterocycles. The average molecular weight is 147 g/mol. The lowest BCUT2D eigenvalue weighted by Gasteiger charge is -1.97. The summed E-state index contributed by atoms with van der Waals surface area (Å²) in [6.07, 6.45) is 0. The van der Waals surface area contributed by atoms with Crippen LogP contribution in [0.2, 0.25) is 0 Å². The van der Waals surface area contributed by atoms with Crippen LogP contribution in [-0.4, -0.2) is 12.8 Å². The molecule has 0 spiro atoms. The number of hydrogen-bond acceptors (Lipinski definition) is 2. The smallest absolute Gasteiger partial charge is 0.258 e. The van der Waals surface area contributed by atoms with Crippen molar-refractivity contribution in [3.63, 3.8) is 0 Å². The lowest BCUT2D eigenvalue weighted by molar-refractivity contribution is -0.384. The fourth-order valence-electron chi connectivity index (χ4n) is 0.773. The van der Waals surface area contributed by atoms with Gasteiger partial charge in [0.05, 0.1) is 4.92 Å². The van der Waals surface area contributed by atoms with Gasteiger partial charge in [-0.1, -0.05) is 17.1 Å². The van der Waals surface area contributed by atoms with Crippen molar-refractivity contribution in [1.82, 2.24) is 0 Å². The second-order valence-electron chi connectivity index (χ2n) is 2.30. The first-order valence-corrected chi connectivity index (χ1v) is 3.12. The van der Waals surface area contributed by atoms with E-state index in [9.17, 15) is 10.1 Å². The Morgan fingerprint density at radius 2 is 2.18 bits per heavy atom. The Hall–Kier alpha value is -1.32. The summed E-state index contributed by atoms with van der Waals surface area (Å²) in [6, 6.07) is 4.38. The third-order valence-electron chi connectivity index (χ3n) is 1.46. The Kier molecular flexibility index (Phi) is 1.94. The maximum atomic E-state index is 10.2. The van der Waals surface area contributed by atoms with Crippen LogP contribution in [0.1, 0.15) is 5.56 Å². The molecule has 0 N–H and O–H groups in total. The predicted octanol–water partition coefficient (Wildman–Crippen LogP) is 0.697. The van der Waals surface area contributed by atoms with E-state index in [-0.39, 0.29) is 5.69 Å². The van der Waals surface area contributed by atoms with Crippen LogP contribution in [0.3, 0.4) is 0 Å². The van der Waals surface area contributed by atoms with E-state index in [0.29, 0.717) is 5.46 Å². The van der Waals surface area contributed by atoms with Gasteiger partial charge in [0.25, 0.3) is 5.69 Å². The van der Waals surface area contributed by atoms with Crippen molar-refractivity contribution in [2.45, 2.75) is 6.92 Å². The fraction of sp³-hybridized carbons (Fsp3) is 0.143. The summed E-state index contributed by atoms with van der Waals surface area (Å²) in [5.41, 5.74) is 1.39. The van der Waals surface area contributed by atoms with Gasteiger partial charge in [-0.25, -0.2) is 0 Å². The molecule has 0 saturated heterocycles. The second kappa shape index (κ2) is 2.74. The van der Waals surface area contributed by atoms with Crippen molar-refractivity contribution in [2.75, 3.05) is 0 Å². The van der Waals surface area contributed by atoms with E-state index in [4.69, 9.17) is 7.85 Å². The van der Waals surface area contributed by atoms with Crippen molar-refractivity contribution in [3.8, 4) is 0 Å². The summed E-state index contributed by atoms with van der Waals surface area (Å²) in [7, 11) is 5.47. The zero-order valence-corrected chi connectivity index (χ0v) is 6.07. The number of benzene rings is 1. The maximum Gasteiger partial charge on any atom is 0.269 e. The van der Waals surface area contributed by atoms with E-state index < -0.39 is 4.92 Å². The van der Waals surface area contributed by atoms with Crippen LogP contribution in [0.5, 0.6) is 0 Å². The predicted molar refractivity (Wildman–Crippen MR) is 43.2 cm³/mol. The van der Waals surface area contributed by atoms with Gasteiger partial charge < -0.3 is 0 Å².